The van der Waals surface area contributed by atoms with Crippen LogP contribution in [0.2, 0.25) is 5.02 Å². The lowest BCUT2D eigenvalue weighted by Gasteiger charge is -2.36. The first-order chi connectivity index (χ1) is 13.6. The highest BCUT2D eigenvalue weighted by Gasteiger charge is 2.36. The maximum atomic E-state index is 11.6. The second-order valence-electron chi connectivity index (χ2n) is 8.20. The molecule has 0 bridgehead atoms. The van der Waals surface area contributed by atoms with Crippen LogP contribution < -0.4 is 10.6 Å². The maximum absolute atomic E-state index is 11.6. The third-order valence-corrected chi connectivity index (χ3v) is 6.73. The number of nitrogens with one attached hydrogen (secondary N) is 2. The average molecular weight is 533 g/mol. The Labute approximate surface area is 197 Å². The van der Waals surface area contributed by atoms with Gasteiger partial charge in [0.2, 0.25) is 5.91 Å². The topological polar surface area (TPSA) is 56.7 Å². The summed E-state index contributed by atoms with van der Waals surface area (Å²) in [7, 11) is 3.57. The number of nitrogens with zero attached hydrogens (tertiary/aromatic N) is 2. The summed E-state index contributed by atoms with van der Waals surface area (Å²) < 4.78 is 0. The molecule has 1 heterocycles. The van der Waals surface area contributed by atoms with Gasteiger partial charge in [0.05, 0.1) is 0 Å². The van der Waals surface area contributed by atoms with Crippen molar-refractivity contribution in [2.45, 2.75) is 50.4 Å². The second kappa shape index (κ2) is 11.4. The van der Waals surface area contributed by atoms with E-state index in [1.807, 2.05) is 19.2 Å². The predicted octanol–water partition coefficient (Wildman–Crippen LogP) is 4.19. The fourth-order valence-corrected chi connectivity index (χ4v) is 4.84. The van der Waals surface area contributed by atoms with Gasteiger partial charge in [-0.15, -0.1) is 24.0 Å². The molecule has 1 aromatic rings. The van der Waals surface area contributed by atoms with Crippen LogP contribution in [-0.2, 0) is 10.2 Å². The number of guanidine groups is 1. The summed E-state index contributed by atoms with van der Waals surface area (Å²) in [6.07, 6.45) is 7.66. The maximum Gasteiger partial charge on any atom is 0.220 e. The van der Waals surface area contributed by atoms with E-state index in [1.165, 1.54) is 31.2 Å². The van der Waals surface area contributed by atoms with Crippen molar-refractivity contribution in [2.24, 2.45) is 10.9 Å². The van der Waals surface area contributed by atoms with E-state index in [1.54, 1.807) is 7.05 Å². The highest BCUT2D eigenvalue weighted by molar-refractivity contribution is 14.0. The fraction of sp³-hybridized carbons (Fsp3) is 0.636. The summed E-state index contributed by atoms with van der Waals surface area (Å²) in [5.41, 5.74) is 1.54. The molecule has 0 spiro atoms. The van der Waals surface area contributed by atoms with Gasteiger partial charge in [-0.25, -0.2) is 0 Å². The molecule has 1 aliphatic carbocycles. The number of carbonyl (C=O) groups is 1. The van der Waals surface area contributed by atoms with Crippen LogP contribution in [0.25, 0.3) is 0 Å². The molecule has 2 aliphatic rings. The van der Waals surface area contributed by atoms with Crippen LogP contribution >= 0.6 is 35.6 Å². The number of amides is 1. The van der Waals surface area contributed by atoms with E-state index in [-0.39, 0.29) is 35.3 Å². The lowest BCUT2D eigenvalue weighted by molar-refractivity contribution is -0.121. The van der Waals surface area contributed by atoms with E-state index in [9.17, 15) is 4.79 Å². The zero-order valence-corrected chi connectivity index (χ0v) is 20.6. The number of rotatable bonds is 5. The Bertz CT molecular complexity index is 681. The van der Waals surface area contributed by atoms with E-state index >= 15 is 0 Å². The lowest BCUT2D eigenvalue weighted by atomic mass is 9.79. The third kappa shape index (κ3) is 6.23. The quantitative estimate of drug-likeness (QED) is 0.340. The van der Waals surface area contributed by atoms with Crippen molar-refractivity contribution in [1.29, 1.82) is 0 Å². The lowest BCUT2D eigenvalue weighted by Crippen LogP contribution is -2.49. The molecule has 29 heavy (non-hydrogen) atoms. The first kappa shape index (κ1) is 24.3. The Morgan fingerprint density at radius 2 is 1.83 bits per heavy atom. The molecule has 1 amide bonds. The number of benzene rings is 1. The standard InChI is InChI=1S/C22H33ClN4O.HI/c1-24-20(28)15-17-9-13-27(14-10-17)21(25-2)26-16-22(11-3-4-12-22)18-5-7-19(23)8-6-18;/h5-8,17H,3-4,9-16H2,1-2H3,(H,24,28)(H,25,26);1H. The zero-order chi connectivity index (χ0) is 20.0. The van der Waals surface area contributed by atoms with Crippen LogP contribution in [0.4, 0.5) is 0 Å². The van der Waals surface area contributed by atoms with Gasteiger partial charge in [0.1, 0.15) is 0 Å². The van der Waals surface area contributed by atoms with Crippen molar-refractivity contribution >= 4 is 47.4 Å². The first-order valence-corrected chi connectivity index (χ1v) is 10.9. The van der Waals surface area contributed by atoms with E-state index in [4.69, 9.17) is 11.6 Å². The monoisotopic (exact) mass is 532 g/mol. The van der Waals surface area contributed by atoms with Gasteiger partial charge in [0, 0.05) is 50.6 Å². The molecule has 7 heteroatoms. The number of carbonyl (C=O) groups excluding carboxylic acids is 1. The Hall–Kier alpha value is -1.02. The van der Waals surface area contributed by atoms with Gasteiger partial charge < -0.3 is 15.5 Å². The molecule has 1 aliphatic heterocycles. The smallest absolute Gasteiger partial charge is 0.220 e. The minimum Gasteiger partial charge on any atom is -0.359 e. The molecule has 1 aromatic carbocycles. The molecule has 5 nitrogen and oxygen atoms in total. The molecule has 1 saturated carbocycles. The first-order valence-electron chi connectivity index (χ1n) is 10.5. The van der Waals surface area contributed by atoms with Crippen molar-refractivity contribution in [3.05, 3.63) is 34.9 Å². The largest absolute Gasteiger partial charge is 0.359 e. The van der Waals surface area contributed by atoms with Crippen LogP contribution in [0, 0.1) is 5.92 Å². The minimum absolute atomic E-state index is 0. The summed E-state index contributed by atoms with van der Waals surface area (Å²) in [5.74, 6) is 1.61. The third-order valence-electron chi connectivity index (χ3n) is 6.48. The van der Waals surface area contributed by atoms with Gasteiger partial charge in [0.25, 0.3) is 0 Å². The van der Waals surface area contributed by atoms with Gasteiger partial charge in [-0.2, -0.15) is 0 Å². The number of halogens is 2. The van der Waals surface area contributed by atoms with Crippen molar-refractivity contribution in [3.8, 4) is 0 Å². The summed E-state index contributed by atoms with van der Waals surface area (Å²) in [6, 6.07) is 8.37. The molecule has 2 N–H and O–H groups in total. The molecule has 0 atom stereocenters. The highest BCUT2D eigenvalue weighted by Crippen LogP contribution is 2.41. The number of hydrogen-bond donors (Lipinski definition) is 2. The number of aliphatic imine (C=N–C) groups is 1. The van der Waals surface area contributed by atoms with Gasteiger partial charge in [-0.1, -0.05) is 36.6 Å². The summed E-state index contributed by atoms with van der Waals surface area (Å²) in [6.45, 7) is 2.81. The number of likely N-dealkylation sites (tertiary alicyclic amines) is 1. The molecule has 3 rings (SSSR count). The van der Waals surface area contributed by atoms with Crippen LogP contribution in [0.3, 0.4) is 0 Å². The number of hydrogen-bond acceptors (Lipinski definition) is 2. The van der Waals surface area contributed by atoms with Crippen molar-refractivity contribution in [2.75, 3.05) is 33.7 Å². The molecule has 1 saturated heterocycles. The molecule has 0 radical (unpaired) electrons. The summed E-state index contributed by atoms with van der Waals surface area (Å²) in [4.78, 5) is 18.5. The Morgan fingerprint density at radius 1 is 1.21 bits per heavy atom. The average Bonchev–Trinajstić information content (AvgIpc) is 3.20. The predicted molar refractivity (Wildman–Crippen MR) is 131 cm³/mol. The summed E-state index contributed by atoms with van der Waals surface area (Å²) >= 11 is 6.10. The van der Waals surface area contributed by atoms with E-state index in [0.29, 0.717) is 12.3 Å². The Kier molecular flexibility index (Phi) is 9.53. The van der Waals surface area contributed by atoms with Gasteiger partial charge in [-0.05, 0) is 49.3 Å². The van der Waals surface area contributed by atoms with E-state index in [2.05, 4.69) is 32.7 Å². The molecule has 0 unspecified atom stereocenters. The van der Waals surface area contributed by atoms with E-state index < -0.39 is 0 Å². The Morgan fingerprint density at radius 3 is 2.38 bits per heavy atom. The molecular formula is C22H34ClIN4O. The van der Waals surface area contributed by atoms with Gasteiger partial charge in [0.15, 0.2) is 5.96 Å². The second-order valence-corrected chi connectivity index (χ2v) is 8.64. The van der Waals surface area contributed by atoms with Crippen LogP contribution in [0.5, 0.6) is 0 Å². The number of piperidine rings is 1. The van der Waals surface area contributed by atoms with Crippen molar-refractivity contribution in [3.63, 3.8) is 0 Å². The molecular weight excluding hydrogens is 499 g/mol. The van der Waals surface area contributed by atoms with Crippen LogP contribution in [-0.4, -0.2) is 50.5 Å². The van der Waals surface area contributed by atoms with Crippen molar-refractivity contribution in [1.82, 2.24) is 15.5 Å². The Balaban J connectivity index is 0.00000300. The summed E-state index contributed by atoms with van der Waals surface area (Å²) in [5, 5.41) is 7.19. The normalized spacial score (nSPS) is 19.6. The van der Waals surface area contributed by atoms with Crippen LogP contribution in [0.1, 0.15) is 50.5 Å². The minimum atomic E-state index is 0. The zero-order valence-electron chi connectivity index (χ0n) is 17.5. The van der Waals surface area contributed by atoms with Gasteiger partial charge in [-0.3, -0.25) is 9.79 Å². The molecule has 0 aromatic heterocycles. The highest BCUT2D eigenvalue weighted by atomic mass is 127. The fourth-order valence-electron chi connectivity index (χ4n) is 4.72. The molecule has 162 valence electrons. The van der Waals surface area contributed by atoms with Crippen LogP contribution in [0.15, 0.2) is 29.3 Å². The van der Waals surface area contributed by atoms with Crippen molar-refractivity contribution < 1.29 is 4.79 Å². The SMILES string of the molecule is CN=C(NCC1(c2ccc(Cl)cc2)CCCC1)N1CCC(CC(=O)NC)CC1.I. The molecule has 2 fully saturated rings. The van der Waals surface area contributed by atoms with E-state index in [0.717, 1.165) is 43.5 Å². The van der Waals surface area contributed by atoms with Gasteiger partial charge >= 0.3 is 0 Å².